The molecule has 17 heavy (non-hydrogen) atoms. The van der Waals surface area contributed by atoms with E-state index < -0.39 is 17.6 Å². The average Bonchev–Trinajstić information content (AvgIpc) is 2.27. The lowest BCUT2D eigenvalue weighted by molar-refractivity contribution is -0.137. The largest absolute Gasteiger partial charge is 0.460 e. The third kappa shape index (κ3) is 2.81. The fourth-order valence-corrected chi connectivity index (χ4v) is 1.46. The van der Waals surface area contributed by atoms with E-state index >= 15 is 0 Å². The second kappa shape index (κ2) is 5.43. The second-order valence-corrected chi connectivity index (χ2v) is 3.58. The highest BCUT2D eigenvalue weighted by Crippen LogP contribution is 2.23. The summed E-state index contributed by atoms with van der Waals surface area (Å²) in [4.78, 5) is 24.5. The number of anilines is 1. The number of ether oxygens (including phenoxy) is 1. The fraction of sp³-hybridized carbons (Fsp3) is 0.333. The van der Waals surface area contributed by atoms with E-state index in [0.29, 0.717) is 0 Å². The molecule has 0 heterocycles. The summed E-state index contributed by atoms with van der Waals surface area (Å²) >= 11 is 0. The first-order valence-electron chi connectivity index (χ1n) is 5.16. The second-order valence-electron chi connectivity index (χ2n) is 3.58. The summed E-state index contributed by atoms with van der Waals surface area (Å²) in [5, 5.41) is 0. The van der Waals surface area contributed by atoms with Crippen molar-refractivity contribution in [3.63, 3.8) is 0 Å². The number of Topliss-reactive ketones (excluding diaryl/α,β-unsaturated/α-hetero) is 1. The van der Waals surface area contributed by atoms with Crippen LogP contribution >= 0.6 is 0 Å². The molecule has 0 atom stereocenters. The van der Waals surface area contributed by atoms with E-state index in [2.05, 4.69) is 4.74 Å². The normalized spacial score (nSPS) is 9.88. The molecule has 1 aromatic rings. The molecule has 0 bridgehead atoms. The van der Waals surface area contributed by atoms with Gasteiger partial charge in [-0.25, -0.2) is 9.18 Å². The van der Waals surface area contributed by atoms with Crippen LogP contribution in [0.1, 0.15) is 17.3 Å². The molecule has 0 saturated heterocycles. The quantitative estimate of drug-likeness (QED) is 0.455. The van der Waals surface area contributed by atoms with E-state index in [1.54, 1.807) is 21.0 Å². The van der Waals surface area contributed by atoms with Crippen LogP contribution in [0.15, 0.2) is 18.2 Å². The maximum Gasteiger partial charge on any atom is 0.379 e. The smallest absolute Gasteiger partial charge is 0.379 e. The number of esters is 1. The van der Waals surface area contributed by atoms with Crippen LogP contribution in [0.4, 0.5) is 10.1 Å². The summed E-state index contributed by atoms with van der Waals surface area (Å²) in [6.45, 7) is 1.71. The molecule has 1 aromatic carbocycles. The molecule has 0 amide bonds. The van der Waals surface area contributed by atoms with Crippen molar-refractivity contribution >= 4 is 17.4 Å². The van der Waals surface area contributed by atoms with Gasteiger partial charge in [0.25, 0.3) is 5.78 Å². The Balaban J connectivity index is 3.18. The van der Waals surface area contributed by atoms with Gasteiger partial charge in [0, 0.05) is 14.1 Å². The van der Waals surface area contributed by atoms with E-state index in [-0.39, 0.29) is 17.9 Å². The third-order valence-electron chi connectivity index (χ3n) is 2.14. The molecule has 0 radical (unpaired) electrons. The zero-order chi connectivity index (χ0) is 13.0. The first-order valence-corrected chi connectivity index (χ1v) is 5.16. The number of carbonyl (C=O) groups excluding carboxylic acids is 2. The fourth-order valence-electron chi connectivity index (χ4n) is 1.46. The van der Waals surface area contributed by atoms with Crippen molar-refractivity contribution in [1.29, 1.82) is 0 Å². The highest BCUT2D eigenvalue weighted by atomic mass is 19.1. The molecule has 0 N–H and O–H groups in total. The SMILES string of the molecule is CCOC(=O)C(=O)c1cccc(F)c1N(C)C. The molecule has 4 nitrogen and oxygen atoms in total. The van der Waals surface area contributed by atoms with E-state index in [1.807, 2.05) is 0 Å². The van der Waals surface area contributed by atoms with E-state index in [4.69, 9.17) is 0 Å². The Morgan fingerprint density at radius 2 is 2.00 bits per heavy atom. The molecule has 1 rings (SSSR count). The van der Waals surface area contributed by atoms with Crippen LogP contribution in [0.25, 0.3) is 0 Å². The number of hydrogen-bond donors (Lipinski definition) is 0. The molecule has 0 aliphatic carbocycles. The standard InChI is InChI=1S/C12H14FNO3/c1-4-17-12(16)11(15)8-6-5-7-9(13)10(8)14(2)3/h5-7H,4H2,1-3H3. The molecule has 0 saturated carbocycles. The van der Waals surface area contributed by atoms with Crippen molar-refractivity contribution in [2.45, 2.75) is 6.92 Å². The Labute approximate surface area is 99.0 Å². The van der Waals surface area contributed by atoms with Crippen molar-refractivity contribution in [2.24, 2.45) is 0 Å². The average molecular weight is 239 g/mol. The number of para-hydroxylation sites is 1. The van der Waals surface area contributed by atoms with Crippen LogP contribution in [0.2, 0.25) is 0 Å². The van der Waals surface area contributed by atoms with Gasteiger partial charge in [-0.3, -0.25) is 4.79 Å². The van der Waals surface area contributed by atoms with Crippen LogP contribution in [-0.4, -0.2) is 32.5 Å². The van der Waals surface area contributed by atoms with Crippen LogP contribution in [0.3, 0.4) is 0 Å². The van der Waals surface area contributed by atoms with Crippen molar-refractivity contribution in [1.82, 2.24) is 0 Å². The molecule has 0 fully saturated rings. The Bertz CT molecular complexity index is 443. The predicted octanol–water partition coefficient (Wildman–Crippen LogP) is 1.64. The van der Waals surface area contributed by atoms with Gasteiger partial charge in [0.15, 0.2) is 0 Å². The number of benzene rings is 1. The van der Waals surface area contributed by atoms with Gasteiger partial charge in [0.1, 0.15) is 5.82 Å². The molecular formula is C12H14FNO3. The van der Waals surface area contributed by atoms with E-state index in [1.165, 1.54) is 23.1 Å². The lowest BCUT2D eigenvalue weighted by Gasteiger charge is -2.16. The topological polar surface area (TPSA) is 46.6 Å². The van der Waals surface area contributed by atoms with Gasteiger partial charge in [-0.2, -0.15) is 0 Å². The van der Waals surface area contributed by atoms with Crippen LogP contribution in [0.5, 0.6) is 0 Å². The van der Waals surface area contributed by atoms with Crippen LogP contribution in [0, 0.1) is 5.82 Å². The Hall–Kier alpha value is -1.91. The minimum absolute atomic E-state index is 0.00782. The molecule has 92 valence electrons. The van der Waals surface area contributed by atoms with Gasteiger partial charge in [-0.05, 0) is 19.1 Å². The molecule has 0 aliphatic heterocycles. The summed E-state index contributed by atoms with van der Waals surface area (Å²) < 4.78 is 18.2. The lowest BCUT2D eigenvalue weighted by Crippen LogP contribution is -2.22. The summed E-state index contributed by atoms with van der Waals surface area (Å²) in [6.07, 6.45) is 0. The summed E-state index contributed by atoms with van der Waals surface area (Å²) in [7, 11) is 3.20. The Morgan fingerprint density at radius 3 is 2.53 bits per heavy atom. The minimum atomic E-state index is -0.971. The number of rotatable bonds is 4. The molecule has 0 unspecified atom stereocenters. The van der Waals surface area contributed by atoms with Gasteiger partial charge in [0.2, 0.25) is 0 Å². The van der Waals surface area contributed by atoms with E-state index in [0.717, 1.165) is 0 Å². The minimum Gasteiger partial charge on any atom is -0.460 e. The first-order chi connectivity index (χ1) is 7.99. The zero-order valence-corrected chi connectivity index (χ0v) is 9.99. The molecular weight excluding hydrogens is 225 g/mol. The maximum atomic E-state index is 13.6. The van der Waals surface area contributed by atoms with Crippen LogP contribution < -0.4 is 4.90 Å². The van der Waals surface area contributed by atoms with Crippen molar-refractivity contribution in [3.05, 3.63) is 29.6 Å². The van der Waals surface area contributed by atoms with Crippen molar-refractivity contribution in [3.8, 4) is 0 Å². The van der Waals surface area contributed by atoms with Gasteiger partial charge in [-0.15, -0.1) is 0 Å². The summed E-state index contributed by atoms with van der Waals surface area (Å²) in [5.74, 6) is -2.36. The van der Waals surface area contributed by atoms with E-state index in [9.17, 15) is 14.0 Å². The number of halogens is 1. The summed E-state index contributed by atoms with van der Waals surface area (Å²) in [5.41, 5.74) is 0.0963. The molecule has 5 heteroatoms. The van der Waals surface area contributed by atoms with Gasteiger partial charge in [-0.1, -0.05) is 6.07 Å². The number of ketones is 1. The van der Waals surface area contributed by atoms with Crippen molar-refractivity contribution in [2.75, 3.05) is 25.6 Å². The third-order valence-corrected chi connectivity index (χ3v) is 2.14. The molecule has 0 aromatic heterocycles. The Morgan fingerprint density at radius 1 is 1.35 bits per heavy atom. The number of hydrogen-bond acceptors (Lipinski definition) is 4. The number of nitrogens with zero attached hydrogens (tertiary/aromatic N) is 1. The number of carbonyl (C=O) groups is 2. The molecule has 0 spiro atoms. The highest BCUT2D eigenvalue weighted by molar-refractivity contribution is 6.41. The molecule has 0 aliphatic rings. The van der Waals surface area contributed by atoms with Crippen LogP contribution in [-0.2, 0) is 9.53 Å². The predicted molar refractivity (Wildman–Crippen MR) is 61.7 cm³/mol. The highest BCUT2D eigenvalue weighted by Gasteiger charge is 2.23. The lowest BCUT2D eigenvalue weighted by atomic mass is 10.1. The maximum absolute atomic E-state index is 13.6. The van der Waals surface area contributed by atoms with Gasteiger partial charge >= 0.3 is 5.97 Å². The van der Waals surface area contributed by atoms with Gasteiger partial charge in [0.05, 0.1) is 17.9 Å². The summed E-state index contributed by atoms with van der Waals surface area (Å²) in [6, 6.07) is 4.02. The van der Waals surface area contributed by atoms with Crippen molar-refractivity contribution < 1.29 is 18.7 Å². The monoisotopic (exact) mass is 239 g/mol. The zero-order valence-electron chi connectivity index (χ0n) is 9.99. The Kier molecular flexibility index (Phi) is 4.20. The first kappa shape index (κ1) is 13.2. The van der Waals surface area contributed by atoms with Gasteiger partial charge < -0.3 is 9.64 Å².